The molecule has 6 nitrogen and oxygen atoms in total. The van der Waals surface area contributed by atoms with Crippen LogP contribution in [0.3, 0.4) is 0 Å². The monoisotopic (exact) mass is 482 g/mol. The first-order valence-corrected chi connectivity index (χ1v) is 13.1. The van der Waals surface area contributed by atoms with Crippen LogP contribution < -0.4 is 5.32 Å². The van der Waals surface area contributed by atoms with E-state index in [1.54, 1.807) is 6.20 Å². The van der Waals surface area contributed by atoms with E-state index >= 15 is 0 Å². The lowest BCUT2D eigenvalue weighted by molar-refractivity contribution is 0.200. The molecule has 0 saturated carbocycles. The molecule has 1 fully saturated rings. The number of aromatic nitrogens is 4. The fourth-order valence-electron chi connectivity index (χ4n) is 5.14. The first-order chi connectivity index (χ1) is 17.2. The molecule has 1 aromatic carbocycles. The van der Waals surface area contributed by atoms with Crippen LogP contribution in [0.4, 0.5) is 5.82 Å². The lowest BCUT2D eigenvalue weighted by atomic mass is 9.94. The Labute approximate surface area is 209 Å². The van der Waals surface area contributed by atoms with E-state index in [4.69, 9.17) is 4.98 Å². The number of nitrogens with one attached hydrogen (secondary N) is 1. The second-order valence-electron chi connectivity index (χ2n) is 9.56. The number of benzene rings is 1. The van der Waals surface area contributed by atoms with Gasteiger partial charge in [0.25, 0.3) is 0 Å². The molecule has 5 aromatic rings. The average Bonchev–Trinajstić information content (AvgIpc) is 3.43. The van der Waals surface area contributed by atoms with Crippen molar-refractivity contribution < 1.29 is 0 Å². The molecule has 1 aliphatic rings. The molecule has 1 saturated heterocycles. The van der Waals surface area contributed by atoms with Crippen molar-refractivity contribution in [1.82, 2.24) is 24.5 Å². The number of piperidine rings is 1. The van der Waals surface area contributed by atoms with Gasteiger partial charge in [0, 0.05) is 59.2 Å². The topological polar surface area (TPSA) is 58.4 Å². The van der Waals surface area contributed by atoms with Crippen LogP contribution in [-0.2, 0) is 13.1 Å². The highest BCUT2D eigenvalue weighted by Crippen LogP contribution is 2.34. The zero-order valence-electron chi connectivity index (χ0n) is 20.2. The average molecular weight is 483 g/mol. The van der Waals surface area contributed by atoms with Crippen molar-refractivity contribution in [3.05, 3.63) is 88.3 Å². The van der Waals surface area contributed by atoms with E-state index in [0.717, 1.165) is 47.9 Å². The summed E-state index contributed by atoms with van der Waals surface area (Å²) >= 11 is 1.94. The molecule has 35 heavy (non-hydrogen) atoms. The standard InChI is InChI=1S/C28H30N6S/c1-19-14-31-34-27(30-16-21-7-5-11-29-15-21)13-24(32-28(19)34)22-8-6-12-33(17-22)18-26-20(2)23-9-3-4-10-25(23)35-26/h3-5,7,9-11,13-15,22,30H,6,8,12,16-18H2,1-2H3. The van der Waals surface area contributed by atoms with E-state index < -0.39 is 0 Å². The van der Waals surface area contributed by atoms with Gasteiger partial charge in [0.15, 0.2) is 5.65 Å². The first kappa shape index (κ1) is 22.2. The molecule has 6 rings (SSSR count). The van der Waals surface area contributed by atoms with Gasteiger partial charge >= 0.3 is 0 Å². The molecule has 0 aliphatic carbocycles. The van der Waals surface area contributed by atoms with E-state index in [1.165, 1.54) is 33.4 Å². The molecule has 0 spiro atoms. The molecule has 1 N–H and O–H groups in total. The number of anilines is 1. The lowest BCUT2D eigenvalue weighted by Gasteiger charge is -2.32. The Hall–Kier alpha value is -3.29. The highest BCUT2D eigenvalue weighted by molar-refractivity contribution is 7.19. The number of nitrogens with zero attached hydrogens (tertiary/aromatic N) is 5. The minimum absolute atomic E-state index is 0.414. The van der Waals surface area contributed by atoms with Gasteiger partial charge < -0.3 is 5.32 Å². The Kier molecular flexibility index (Phi) is 5.96. The number of hydrogen-bond donors (Lipinski definition) is 1. The molecule has 5 heterocycles. The normalized spacial score (nSPS) is 16.8. The Balaban J connectivity index is 1.25. The largest absolute Gasteiger partial charge is 0.366 e. The smallest absolute Gasteiger partial charge is 0.160 e. The minimum atomic E-state index is 0.414. The summed E-state index contributed by atoms with van der Waals surface area (Å²) in [6.45, 7) is 8.25. The van der Waals surface area contributed by atoms with E-state index in [2.05, 4.69) is 70.5 Å². The van der Waals surface area contributed by atoms with Crippen LogP contribution in [0.5, 0.6) is 0 Å². The van der Waals surface area contributed by atoms with Crippen LogP contribution in [0.1, 0.15) is 46.0 Å². The van der Waals surface area contributed by atoms with Crippen LogP contribution >= 0.6 is 11.3 Å². The van der Waals surface area contributed by atoms with E-state index in [1.807, 2.05) is 34.3 Å². The van der Waals surface area contributed by atoms with Crippen molar-refractivity contribution in [3.8, 4) is 0 Å². The van der Waals surface area contributed by atoms with E-state index in [0.29, 0.717) is 12.5 Å². The number of hydrogen-bond acceptors (Lipinski definition) is 6. The Morgan fingerprint density at radius 1 is 1.11 bits per heavy atom. The van der Waals surface area contributed by atoms with Crippen LogP contribution in [0, 0.1) is 13.8 Å². The maximum absolute atomic E-state index is 5.09. The molecule has 1 aliphatic heterocycles. The molecule has 178 valence electrons. The van der Waals surface area contributed by atoms with Crippen LogP contribution in [-0.4, -0.2) is 37.6 Å². The summed E-state index contributed by atoms with van der Waals surface area (Å²) in [6.07, 6.45) is 7.96. The molecular weight excluding hydrogens is 452 g/mol. The van der Waals surface area contributed by atoms with Crippen molar-refractivity contribution in [2.45, 2.75) is 45.7 Å². The summed E-state index contributed by atoms with van der Waals surface area (Å²) < 4.78 is 3.32. The van der Waals surface area contributed by atoms with Crippen molar-refractivity contribution in [2.24, 2.45) is 0 Å². The summed E-state index contributed by atoms with van der Waals surface area (Å²) in [5.74, 6) is 1.40. The Morgan fingerprint density at radius 2 is 2.03 bits per heavy atom. The van der Waals surface area contributed by atoms with Gasteiger partial charge in [-0.2, -0.15) is 9.61 Å². The van der Waals surface area contributed by atoms with Crippen molar-refractivity contribution >= 4 is 32.9 Å². The van der Waals surface area contributed by atoms with Crippen molar-refractivity contribution in [1.29, 1.82) is 0 Å². The maximum Gasteiger partial charge on any atom is 0.160 e. The van der Waals surface area contributed by atoms with Crippen LogP contribution in [0.25, 0.3) is 15.7 Å². The molecule has 0 bridgehead atoms. The van der Waals surface area contributed by atoms with E-state index in [9.17, 15) is 0 Å². The van der Waals surface area contributed by atoms with E-state index in [-0.39, 0.29) is 0 Å². The second-order valence-corrected chi connectivity index (χ2v) is 10.7. The molecular formula is C28H30N6S. The fourth-order valence-corrected chi connectivity index (χ4v) is 6.39. The highest BCUT2D eigenvalue weighted by Gasteiger charge is 2.25. The zero-order valence-corrected chi connectivity index (χ0v) is 21.1. The number of likely N-dealkylation sites (tertiary alicyclic amines) is 1. The van der Waals surface area contributed by atoms with Gasteiger partial charge in [-0.25, -0.2) is 4.98 Å². The summed E-state index contributed by atoms with van der Waals surface area (Å²) in [5.41, 5.74) is 5.78. The second kappa shape index (κ2) is 9.40. The summed E-state index contributed by atoms with van der Waals surface area (Å²) in [4.78, 5) is 13.4. The van der Waals surface area contributed by atoms with Gasteiger partial charge in [0.05, 0.1) is 11.9 Å². The zero-order chi connectivity index (χ0) is 23.8. The quantitative estimate of drug-likeness (QED) is 0.324. The Bertz CT molecular complexity index is 1470. The van der Waals surface area contributed by atoms with Crippen molar-refractivity contribution in [3.63, 3.8) is 0 Å². The molecule has 4 aromatic heterocycles. The van der Waals surface area contributed by atoms with Gasteiger partial charge in [0.1, 0.15) is 5.82 Å². The third-order valence-electron chi connectivity index (χ3n) is 7.10. The predicted octanol–water partition coefficient (Wildman–Crippen LogP) is 5.95. The number of rotatable bonds is 6. The Morgan fingerprint density at radius 3 is 2.89 bits per heavy atom. The highest BCUT2D eigenvalue weighted by atomic mass is 32.1. The van der Waals surface area contributed by atoms with Crippen LogP contribution in [0.15, 0.2) is 61.1 Å². The van der Waals surface area contributed by atoms with Gasteiger partial charge in [-0.1, -0.05) is 24.3 Å². The number of aryl methyl sites for hydroxylation is 2. The lowest BCUT2D eigenvalue weighted by Crippen LogP contribution is -2.34. The molecule has 1 atom stereocenters. The third kappa shape index (κ3) is 4.42. The van der Waals surface area contributed by atoms with Gasteiger partial charge in [-0.3, -0.25) is 9.88 Å². The summed E-state index contributed by atoms with van der Waals surface area (Å²) in [7, 11) is 0. The maximum atomic E-state index is 5.09. The molecule has 0 radical (unpaired) electrons. The number of thiophene rings is 1. The molecule has 1 unspecified atom stereocenters. The third-order valence-corrected chi connectivity index (χ3v) is 8.36. The molecule has 7 heteroatoms. The minimum Gasteiger partial charge on any atom is -0.366 e. The van der Waals surface area contributed by atoms with Crippen molar-refractivity contribution in [2.75, 3.05) is 18.4 Å². The fraction of sp³-hybridized carbons (Fsp3) is 0.321. The summed E-state index contributed by atoms with van der Waals surface area (Å²) in [5, 5.41) is 9.56. The number of fused-ring (bicyclic) bond motifs is 2. The van der Waals surface area contributed by atoms with Gasteiger partial charge in [-0.05, 0) is 61.9 Å². The predicted molar refractivity (Wildman–Crippen MR) is 143 cm³/mol. The van der Waals surface area contributed by atoms with Crippen LogP contribution in [0.2, 0.25) is 0 Å². The number of pyridine rings is 1. The van der Waals surface area contributed by atoms with Gasteiger partial charge in [0.2, 0.25) is 0 Å². The first-order valence-electron chi connectivity index (χ1n) is 12.3. The summed E-state index contributed by atoms with van der Waals surface area (Å²) in [6, 6.07) is 15.0. The molecule has 0 amide bonds. The SMILES string of the molecule is Cc1c(CN2CCCC(c3cc(NCc4cccnc4)n4ncc(C)c4n3)C2)sc2ccccc12. The van der Waals surface area contributed by atoms with Gasteiger partial charge in [-0.15, -0.1) is 11.3 Å².